The van der Waals surface area contributed by atoms with Gasteiger partial charge in [0.15, 0.2) is 5.82 Å². The number of hydrogen-bond acceptors (Lipinski definition) is 6. The highest BCUT2D eigenvalue weighted by Gasteiger charge is 2.50. The molecule has 0 radical (unpaired) electrons. The van der Waals surface area contributed by atoms with Crippen molar-refractivity contribution < 1.29 is 14.1 Å². The van der Waals surface area contributed by atoms with Crippen molar-refractivity contribution in [1.82, 2.24) is 30.1 Å². The Hall–Kier alpha value is -2.71. The molecule has 23 heavy (non-hydrogen) atoms. The van der Waals surface area contributed by atoms with E-state index in [1.54, 1.807) is 31.0 Å². The molecule has 9 nitrogen and oxygen atoms in total. The molecule has 3 rings (SSSR count). The van der Waals surface area contributed by atoms with Crippen LogP contribution >= 0.6 is 0 Å². The summed E-state index contributed by atoms with van der Waals surface area (Å²) >= 11 is 0. The van der Waals surface area contributed by atoms with Gasteiger partial charge in [0.25, 0.3) is 5.91 Å². The Morgan fingerprint density at radius 2 is 2.13 bits per heavy atom. The number of carbonyl (C=O) groups excluding carboxylic acids is 2. The first-order chi connectivity index (χ1) is 10.8. The summed E-state index contributed by atoms with van der Waals surface area (Å²) in [5, 5.41) is 10.6. The van der Waals surface area contributed by atoms with E-state index < -0.39 is 11.6 Å². The molecule has 2 aromatic rings. The minimum absolute atomic E-state index is 0.0310. The largest absolute Gasteiger partial charge is 0.339 e. The van der Waals surface area contributed by atoms with Gasteiger partial charge in [0, 0.05) is 24.7 Å². The first-order valence-corrected chi connectivity index (χ1v) is 7.27. The molecular formula is C14H18N6O3. The van der Waals surface area contributed by atoms with Gasteiger partial charge in [-0.15, -0.1) is 0 Å². The van der Waals surface area contributed by atoms with Crippen LogP contribution in [0.4, 0.5) is 4.79 Å². The first-order valence-electron chi connectivity index (χ1n) is 7.27. The van der Waals surface area contributed by atoms with Gasteiger partial charge >= 0.3 is 6.03 Å². The van der Waals surface area contributed by atoms with Gasteiger partial charge in [0.2, 0.25) is 5.89 Å². The minimum Gasteiger partial charge on any atom is -0.339 e. The van der Waals surface area contributed by atoms with Gasteiger partial charge < -0.3 is 9.84 Å². The molecule has 1 aliphatic rings. The topological polar surface area (TPSA) is 106 Å². The normalized spacial score (nSPS) is 21.3. The van der Waals surface area contributed by atoms with Crippen LogP contribution in [-0.4, -0.2) is 36.8 Å². The van der Waals surface area contributed by atoms with Crippen molar-refractivity contribution in [3.05, 3.63) is 29.7 Å². The molecule has 3 heterocycles. The molecule has 0 aromatic carbocycles. The van der Waals surface area contributed by atoms with Crippen LogP contribution in [0.3, 0.4) is 0 Å². The number of aromatic nitrogens is 4. The average Bonchev–Trinajstić information content (AvgIpc) is 3.16. The molecule has 9 heteroatoms. The fraction of sp³-hybridized carbons (Fsp3) is 0.500. The van der Waals surface area contributed by atoms with Gasteiger partial charge in [-0.25, -0.2) is 4.79 Å². The highest BCUT2D eigenvalue weighted by molar-refractivity contribution is 6.07. The van der Waals surface area contributed by atoms with E-state index in [1.165, 1.54) is 0 Å². The highest BCUT2D eigenvalue weighted by Crippen LogP contribution is 2.29. The quantitative estimate of drug-likeness (QED) is 0.839. The van der Waals surface area contributed by atoms with E-state index in [-0.39, 0.29) is 18.4 Å². The lowest BCUT2D eigenvalue weighted by Gasteiger charge is -2.19. The Kier molecular flexibility index (Phi) is 3.42. The monoisotopic (exact) mass is 318 g/mol. The summed E-state index contributed by atoms with van der Waals surface area (Å²) in [4.78, 5) is 30.2. The highest BCUT2D eigenvalue weighted by atomic mass is 16.5. The molecule has 0 bridgehead atoms. The van der Waals surface area contributed by atoms with Crippen LogP contribution in [0.15, 0.2) is 16.9 Å². The molecule has 1 aliphatic heterocycles. The molecule has 0 unspecified atom stereocenters. The standard InChI is InChI=1S/C14H18N6O3/c1-8(2)11-16-10(18-23-11)7-20-12(21)14(3,17-13(20)22)9-5-15-19(4)6-9/h5-6,8H,7H2,1-4H3,(H,17,22)/t14-/m0/s1. The molecule has 1 fully saturated rings. The number of imide groups is 1. The van der Waals surface area contributed by atoms with Gasteiger partial charge in [-0.2, -0.15) is 10.1 Å². The lowest BCUT2D eigenvalue weighted by molar-refractivity contribution is -0.131. The van der Waals surface area contributed by atoms with Crippen LogP contribution < -0.4 is 5.32 Å². The fourth-order valence-corrected chi connectivity index (χ4v) is 2.42. The zero-order valence-electron chi connectivity index (χ0n) is 13.4. The van der Waals surface area contributed by atoms with Gasteiger partial charge in [-0.05, 0) is 6.92 Å². The molecule has 1 atom stereocenters. The van der Waals surface area contributed by atoms with Crippen molar-refractivity contribution in [2.24, 2.45) is 7.05 Å². The van der Waals surface area contributed by atoms with Crippen molar-refractivity contribution >= 4 is 11.9 Å². The second kappa shape index (κ2) is 5.18. The summed E-state index contributed by atoms with van der Waals surface area (Å²) in [6.07, 6.45) is 3.26. The lowest BCUT2D eigenvalue weighted by atomic mass is 9.95. The van der Waals surface area contributed by atoms with Crippen LogP contribution in [0, 0.1) is 0 Å². The number of carbonyl (C=O) groups is 2. The van der Waals surface area contributed by atoms with Crippen molar-refractivity contribution in [1.29, 1.82) is 0 Å². The van der Waals surface area contributed by atoms with Crippen LogP contribution in [0.1, 0.15) is 44.0 Å². The predicted octanol–water partition coefficient (Wildman–Crippen LogP) is 0.894. The van der Waals surface area contributed by atoms with E-state index in [4.69, 9.17) is 4.52 Å². The maximum Gasteiger partial charge on any atom is 0.325 e. The number of nitrogens with zero attached hydrogens (tertiary/aromatic N) is 5. The summed E-state index contributed by atoms with van der Waals surface area (Å²) in [5.74, 6) is 0.487. The number of urea groups is 1. The third-order valence-corrected chi connectivity index (χ3v) is 3.83. The Labute approximate surface area is 132 Å². The first kappa shape index (κ1) is 15.2. The molecule has 3 amide bonds. The van der Waals surface area contributed by atoms with E-state index in [9.17, 15) is 9.59 Å². The maximum absolute atomic E-state index is 12.7. The lowest BCUT2D eigenvalue weighted by Crippen LogP contribution is -2.40. The minimum atomic E-state index is -1.14. The zero-order valence-corrected chi connectivity index (χ0v) is 13.4. The molecule has 1 saturated heterocycles. The van der Waals surface area contributed by atoms with Crippen LogP contribution in [0.25, 0.3) is 0 Å². The Bertz CT molecular complexity index is 764. The second-order valence-electron chi connectivity index (χ2n) is 6.05. The van der Waals surface area contributed by atoms with Gasteiger partial charge in [-0.1, -0.05) is 19.0 Å². The molecule has 0 saturated carbocycles. The number of amides is 3. The number of nitrogens with one attached hydrogen (secondary N) is 1. The van der Waals surface area contributed by atoms with Crippen molar-refractivity contribution in [2.45, 2.75) is 38.8 Å². The Balaban J connectivity index is 1.83. The van der Waals surface area contributed by atoms with Crippen LogP contribution in [0.5, 0.6) is 0 Å². The average molecular weight is 318 g/mol. The molecule has 122 valence electrons. The third kappa shape index (κ3) is 2.47. The van der Waals surface area contributed by atoms with Crippen molar-refractivity contribution in [2.75, 3.05) is 0 Å². The summed E-state index contributed by atoms with van der Waals surface area (Å²) in [6, 6.07) is -0.489. The van der Waals surface area contributed by atoms with Gasteiger partial charge in [0.1, 0.15) is 5.54 Å². The van der Waals surface area contributed by atoms with Gasteiger partial charge in [-0.3, -0.25) is 14.4 Å². The molecule has 1 N–H and O–H groups in total. The summed E-state index contributed by atoms with van der Waals surface area (Å²) in [5.41, 5.74) is -0.521. The van der Waals surface area contributed by atoms with E-state index in [1.807, 2.05) is 13.8 Å². The summed E-state index contributed by atoms with van der Waals surface area (Å²) < 4.78 is 6.68. The third-order valence-electron chi connectivity index (χ3n) is 3.83. The van der Waals surface area contributed by atoms with Crippen molar-refractivity contribution in [3.63, 3.8) is 0 Å². The van der Waals surface area contributed by atoms with Crippen molar-refractivity contribution in [3.8, 4) is 0 Å². The zero-order chi connectivity index (χ0) is 16.8. The van der Waals surface area contributed by atoms with E-state index >= 15 is 0 Å². The smallest absolute Gasteiger partial charge is 0.325 e. The van der Waals surface area contributed by atoms with Crippen LogP contribution in [-0.2, 0) is 23.9 Å². The second-order valence-corrected chi connectivity index (χ2v) is 6.05. The summed E-state index contributed by atoms with van der Waals surface area (Å²) in [7, 11) is 1.75. The molecule has 0 spiro atoms. The SMILES string of the molecule is CC(C)c1nc(CN2C(=O)N[C@@](C)(c3cnn(C)c3)C2=O)no1. The van der Waals surface area contributed by atoms with E-state index in [2.05, 4.69) is 20.6 Å². The fourth-order valence-electron chi connectivity index (χ4n) is 2.42. The van der Waals surface area contributed by atoms with E-state index in [0.29, 0.717) is 17.3 Å². The Morgan fingerprint density at radius 3 is 2.70 bits per heavy atom. The van der Waals surface area contributed by atoms with Crippen LogP contribution in [0.2, 0.25) is 0 Å². The summed E-state index contributed by atoms with van der Waals surface area (Å²) in [6.45, 7) is 5.46. The molecular weight excluding hydrogens is 300 g/mol. The predicted molar refractivity (Wildman–Crippen MR) is 78.0 cm³/mol. The number of hydrogen-bond donors (Lipinski definition) is 1. The Morgan fingerprint density at radius 1 is 1.39 bits per heavy atom. The van der Waals surface area contributed by atoms with Gasteiger partial charge in [0.05, 0.1) is 12.7 Å². The molecule has 2 aromatic heterocycles. The number of rotatable bonds is 4. The molecule has 0 aliphatic carbocycles. The maximum atomic E-state index is 12.7. The number of aryl methyl sites for hydroxylation is 1. The van der Waals surface area contributed by atoms with E-state index in [0.717, 1.165) is 4.90 Å².